The largest absolute Gasteiger partial charge is 0.369 e. The number of carbonyl (C=O) groups is 1. The summed E-state index contributed by atoms with van der Waals surface area (Å²) < 4.78 is 0. The summed E-state index contributed by atoms with van der Waals surface area (Å²) in [7, 11) is 0. The van der Waals surface area contributed by atoms with E-state index in [0.29, 0.717) is 18.1 Å². The predicted octanol–water partition coefficient (Wildman–Crippen LogP) is 2.17. The second-order valence-electron chi connectivity index (χ2n) is 4.40. The standard InChI is InChI=1S/C13H22N4O/c1-5-7-15-12-9-14-8-11(16-12)13(18)17(6-2)10(3)4/h8-10H,5-7H2,1-4H3,(H,15,16). The number of carbonyl (C=O) groups excluding carboxylic acids is 1. The summed E-state index contributed by atoms with van der Waals surface area (Å²) in [5.41, 5.74) is 0.395. The predicted molar refractivity (Wildman–Crippen MR) is 72.7 cm³/mol. The molecule has 0 bridgehead atoms. The lowest BCUT2D eigenvalue weighted by Crippen LogP contribution is -2.37. The minimum atomic E-state index is -0.0693. The van der Waals surface area contributed by atoms with E-state index < -0.39 is 0 Å². The summed E-state index contributed by atoms with van der Waals surface area (Å²) in [4.78, 5) is 22.4. The van der Waals surface area contributed by atoms with E-state index in [1.165, 1.54) is 6.20 Å². The molecule has 100 valence electrons. The van der Waals surface area contributed by atoms with Gasteiger partial charge in [-0.05, 0) is 27.2 Å². The molecule has 1 amide bonds. The Kier molecular flexibility index (Phi) is 5.55. The molecule has 1 aromatic rings. The Morgan fingerprint density at radius 1 is 1.39 bits per heavy atom. The lowest BCUT2D eigenvalue weighted by molar-refractivity contribution is 0.0710. The van der Waals surface area contributed by atoms with Crippen molar-refractivity contribution in [2.75, 3.05) is 18.4 Å². The zero-order chi connectivity index (χ0) is 13.5. The van der Waals surface area contributed by atoms with Crippen molar-refractivity contribution in [2.45, 2.75) is 40.2 Å². The average molecular weight is 250 g/mol. The molecule has 1 heterocycles. The monoisotopic (exact) mass is 250 g/mol. The molecule has 18 heavy (non-hydrogen) atoms. The first-order valence-electron chi connectivity index (χ1n) is 6.47. The van der Waals surface area contributed by atoms with Crippen molar-refractivity contribution >= 4 is 11.7 Å². The number of hydrogen-bond donors (Lipinski definition) is 1. The molecule has 1 N–H and O–H groups in total. The van der Waals surface area contributed by atoms with Gasteiger partial charge in [-0.1, -0.05) is 6.92 Å². The van der Waals surface area contributed by atoms with Crippen LogP contribution in [0.15, 0.2) is 12.4 Å². The van der Waals surface area contributed by atoms with Gasteiger partial charge in [0.2, 0.25) is 0 Å². The molecule has 0 aliphatic carbocycles. The van der Waals surface area contributed by atoms with E-state index >= 15 is 0 Å². The number of aromatic nitrogens is 2. The Morgan fingerprint density at radius 2 is 2.11 bits per heavy atom. The molecule has 0 saturated carbocycles. The van der Waals surface area contributed by atoms with E-state index in [1.54, 1.807) is 11.1 Å². The highest BCUT2D eigenvalue weighted by Gasteiger charge is 2.18. The van der Waals surface area contributed by atoms with Gasteiger partial charge >= 0.3 is 0 Å². The first-order chi connectivity index (χ1) is 8.60. The van der Waals surface area contributed by atoms with Crippen LogP contribution in [0.2, 0.25) is 0 Å². The second kappa shape index (κ2) is 6.93. The fraction of sp³-hybridized carbons (Fsp3) is 0.615. The minimum Gasteiger partial charge on any atom is -0.369 e. The van der Waals surface area contributed by atoms with Gasteiger partial charge in [-0.3, -0.25) is 9.78 Å². The third-order valence-electron chi connectivity index (χ3n) is 2.63. The number of nitrogens with one attached hydrogen (secondary N) is 1. The molecule has 0 saturated heterocycles. The Morgan fingerprint density at radius 3 is 2.67 bits per heavy atom. The van der Waals surface area contributed by atoms with Gasteiger partial charge in [-0.15, -0.1) is 0 Å². The zero-order valence-corrected chi connectivity index (χ0v) is 11.6. The molecule has 0 radical (unpaired) electrons. The highest BCUT2D eigenvalue weighted by atomic mass is 16.2. The number of rotatable bonds is 6. The Labute approximate surface area is 109 Å². The fourth-order valence-electron chi connectivity index (χ4n) is 1.70. The van der Waals surface area contributed by atoms with Gasteiger partial charge in [-0.2, -0.15) is 0 Å². The maximum absolute atomic E-state index is 12.2. The normalized spacial score (nSPS) is 10.5. The number of anilines is 1. The Balaban J connectivity index is 2.85. The maximum Gasteiger partial charge on any atom is 0.274 e. The summed E-state index contributed by atoms with van der Waals surface area (Å²) >= 11 is 0. The van der Waals surface area contributed by atoms with Gasteiger partial charge < -0.3 is 10.2 Å². The Hall–Kier alpha value is -1.65. The maximum atomic E-state index is 12.2. The molecule has 0 aliphatic heterocycles. The van der Waals surface area contributed by atoms with E-state index in [0.717, 1.165) is 13.0 Å². The molecule has 0 spiro atoms. The summed E-state index contributed by atoms with van der Waals surface area (Å²) in [5.74, 6) is 0.586. The van der Waals surface area contributed by atoms with Crippen molar-refractivity contribution in [3.05, 3.63) is 18.1 Å². The van der Waals surface area contributed by atoms with E-state index in [1.807, 2.05) is 20.8 Å². The molecule has 5 nitrogen and oxygen atoms in total. The van der Waals surface area contributed by atoms with Crippen LogP contribution in [0.1, 0.15) is 44.6 Å². The van der Waals surface area contributed by atoms with Gasteiger partial charge in [0.15, 0.2) is 0 Å². The lowest BCUT2D eigenvalue weighted by atomic mass is 10.3. The SMILES string of the molecule is CCCNc1cncc(C(=O)N(CC)C(C)C)n1. The number of hydrogen-bond acceptors (Lipinski definition) is 4. The molecule has 0 aliphatic rings. The second-order valence-corrected chi connectivity index (χ2v) is 4.40. The van der Waals surface area contributed by atoms with Crippen molar-refractivity contribution in [1.29, 1.82) is 0 Å². The Bertz CT molecular complexity index is 392. The summed E-state index contributed by atoms with van der Waals surface area (Å²) in [6.45, 7) is 9.53. The average Bonchev–Trinajstić information content (AvgIpc) is 2.37. The van der Waals surface area contributed by atoms with Crippen molar-refractivity contribution in [3.8, 4) is 0 Å². The first-order valence-corrected chi connectivity index (χ1v) is 6.47. The van der Waals surface area contributed by atoms with Crippen molar-refractivity contribution in [2.24, 2.45) is 0 Å². The molecule has 5 heteroatoms. The van der Waals surface area contributed by atoms with Crippen LogP contribution in [0.5, 0.6) is 0 Å². The van der Waals surface area contributed by atoms with E-state index in [2.05, 4.69) is 22.2 Å². The van der Waals surface area contributed by atoms with Crippen LogP contribution >= 0.6 is 0 Å². The van der Waals surface area contributed by atoms with Crippen LogP contribution in [-0.4, -0.2) is 39.9 Å². The highest BCUT2D eigenvalue weighted by molar-refractivity contribution is 5.92. The van der Waals surface area contributed by atoms with Gasteiger partial charge in [0.05, 0.1) is 12.4 Å². The lowest BCUT2D eigenvalue weighted by Gasteiger charge is -2.24. The summed E-state index contributed by atoms with van der Waals surface area (Å²) in [6.07, 6.45) is 4.16. The van der Waals surface area contributed by atoms with Crippen molar-refractivity contribution in [3.63, 3.8) is 0 Å². The van der Waals surface area contributed by atoms with Crippen molar-refractivity contribution in [1.82, 2.24) is 14.9 Å². The number of nitrogens with zero attached hydrogens (tertiary/aromatic N) is 3. The molecular formula is C13H22N4O. The van der Waals surface area contributed by atoms with Crippen molar-refractivity contribution < 1.29 is 4.79 Å². The first kappa shape index (κ1) is 14.4. The molecule has 0 aromatic carbocycles. The molecule has 1 rings (SSSR count). The van der Waals surface area contributed by atoms with Crippen LogP contribution in [0, 0.1) is 0 Å². The van der Waals surface area contributed by atoms with Gasteiger partial charge in [0.1, 0.15) is 11.5 Å². The van der Waals surface area contributed by atoms with E-state index in [9.17, 15) is 4.79 Å². The van der Waals surface area contributed by atoms with Gasteiger partial charge in [0.25, 0.3) is 5.91 Å². The highest BCUT2D eigenvalue weighted by Crippen LogP contribution is 2.08. The van der Waals surface area contributed by atoms with E-state index in [4.69, 9.17) is 0 Å². The van der Waals surface area contributed by atoms with E-state index in [-0.39, 0.29) is 11.9 Å². The fourth-order valence-corrected chi connectivity index (χ4v) is 1.70. The topological polar surface area (TPSA) is 58.1 Å². The molecule has 0 fully saturated rings. The van der Waals surface area contributed by atoms with Crippen LogP contribution < -0.4 is 5.32 Å². The third-order valence-corrected chi connectivity index (χ3v) is 2.63. The van der Waals surface area contributed by atoms with Gasteiger partial charge in [-0.25, -0.2) is 4.98 Å². The quantitative estimate of drug-likeness (QED) is 0.840. The molecule has 0 unspecified atom stereocenters. The third kappa shape index (κ3) is 3.68. The molecule has 0 atom stereocenters. The molecule has 1 aromatic heterocycles. The molecular weight excluding hydrogens is 228 g/mol. The van der Waals surface area contributed by atoms with Crippen LogP contribution in [0.25, 0.3) is 0 Å². The number of amides is 1. The summed E-state index contributed by atoms with van der Waals surface area (Å²) in [5, 5.41) is 3.13. The van der Waals surface area contributed by atoms with Crippen LogP contribution in [0.3, 0.4) is 0 Å². The smallest absolute Gasteiger partial charge is 0.274 e. The van der Waals surface area contributed by atoms with Crippen LogP contribution in [0.4, 0.5) is 5.82 Å². The van der Waals surface area contributed by atoms with Gasteiger partial charge in [0, 0.05) is 19.1 Å². The summed E-state index contributed by atoms with van der Waals surface area (Å²) in [6, 6.07) is 0.163. The minimum absolute atomic E-state index is 0.0693. The van der Waals surface area contributed by atoms with Crippen LogP contribution in [-0.2, 0) is 0 Å². The zero-order valence-electron chi connectivity index (χ0n) is 11.6.